The number of thiocarbonyl (C=S) groups is 1. The van der Waals surface area contributed by atoms with Crippen LogP contribution >= 0.6 is 24.8 Å². The molecule has 0 aromatic heterocycles. The fourth-order valence-corrected chi connectivity index (χ4v) is 0.454. The smallest absolute Gasteiger partial charge is 0.130 e. The van der Waals surface area contributed by atoms with Gasteiger partial charge in [0.2, 0.25) is 0 Å². The molecule has 0 aromatic rings. The number of thiol groups is 1. The molecule has 7 heavy (non-hydrogen) atoms. The van der Waals surface area contributed by atoms with Crippen LogP contribution in [0.25, 0.3) is 0 Å². The zero-order valence-corrected chi connectivity index (χ0v) is 8.95. The Morgan fingerprint density at radius 1 is 1.86 bits per heavy atom. The van der Waals surface area contributed by atoms with Gasteiger partial charge < -0.3 is 5.32 Å². The van der Waals surface area contributed by atoms with E-state index in [2.05, 4.69) is 30.2 Å². The maximum atomic E-state index is 4.55. The molecule has 38 valence electrons. The van der Waals surface area contributed by atoms with Crippen molar-refractivity contribution in [1.29, 1.82) is 0 Å². The molecule has 0 radical (unpaired) electrons. The summed E-state index contributed by atoms with van der Waals surface area (Å²) in [5.74, 6) is 0. The molecule has 0 amide bonds. The molecule has 0 bridgehead atoms. The standard InChI is InChI=1S/C3H7NS2.Zn/c1-2-4-3(5)6;/h2H2,1H3,(H2,4,5,6);. The third-order valence-electron chi connectivity index (χ3n) is 0.328. The average Bonchev–Trinajstić information content (AvgIpc) is 1.35. The van der Waals surface area contributed by atoms with Gasteiger partial charge in [0.05, 0.1) is 0 Å². The van der Waals surface area contributed by atoms with Gasteiger partial charge in [-0.25, -0.2) is 0 Å². The van der Waals surface area contributed by atoms with Crippen LogP contribution in [0, 0.1) is 0 Å². The van der Waals surface area contributed by atoms with Crippen molar-refractivity contribution in [2.75, 3.05) is 6.54 Å². The minimum absolute atomic E-state index is 0. The van der Waals surface area contributed by atoms with Gasteiger partial charge in [-0.1, -0.05) is 12.2 Å². The fourth-order valence-electron chi connectivity index (χ4n) is 0.151. The molecule has 0 aliphatic rings. The molecule has 0 aliphatic carbocycles. The van der Waals surface area contributed by atoms with E-state index in [4.69, 9.17) is 0 Å². The summed E-state index contributed by atoms with van der Waals surface area (Å²) < 4.78 is 0.567. The molecule has 1 nitrogen and oxygen atoms in total. The number of nitrogens with one attached hydrogen (secondary N) is 1. The Kier molecular flexibility index (Phi) is 10.6. The van der Waals surface area contributed by atoms with E-state index < -0.39 is 0 Å². The molecular formula is C3H7NS2Zn. The van der Waals surface area contributed by atoms with E-state index in [1.165, 1.54) is 0 Å². The first-order valence-corrected chi connectivity index (χ1v) is 2.59. The van der Waals surface area contributed by atoms with Gasteiger partial charge in [0, 0.05) is 26.0 Å². The number of rotatable bonds is 1. The summed E-state index contributed by atoms with van der Waals surface area (Å²) in [5.41, 5.74) is 0. The Hall–Kier alpha value is 0.863. The fraction of sp³-hybridized carbons (Fsp3) is 0.667. The van der Waals surface area contributed by atoms with Crippen molar-refractivity contribution in [1.82, 2.24) is 5.32 Å². The number of hydrogen-bond acceptors (Lipinski definition) is 1. The Bertz CT molecular complexity index is 56.9. The summed E-state index contributed by atoms with van der Waals surface area (Å²) in [7, 11) is 0. The SMILES string of the molecule is CCNC(=S)S.[Zn]. The van der Waals surface area contributed by atoms with E-state index in [0.29, 0.717) is 4.32 Å². The van der Waals surface area contributed by atoms with Crippen molar-refractivity contribution < 1.29 is 19.5 Å². The van der Waals surface area contributed by atoms with E-state index in [0.717, 1.165) is 6.54 Å². The maximum Gasteiger partial charge on any atom is 0.130 e. The first kappa shape index (κ1) is 10.8. The van der Waals surface area contributed by atoms with Crippen molar-refractivity contribution in [2.24, 2.45) is 0 Å². The topological polar surface area (TPSA) is 12.0 Å². The predicted octanol–water partition coefficient (Wildman–Crippen LogP) is 0.808. The predicted molar refractivity (Wildman–Crippen MR) is 35.3 cm³/mol. The monoisotopic (exact) mass is 185 g/mol. The van der Waals surface area contributed by atoms with Gasteiger partial charge in [0.1, 0.15) is 4.32 Å². The Morgan fingerprint density at radius 3 is 2.29 bits per heavy atom. The van der Waals surface area contributed by atoms with E-state index >= 15 is 0 Å². The Balaban J connectivity index is 0. The third kappa shape index (κ3) is 10.9. The molecule has 0 aliphatic heterocycles. The molecule has 0 aromatic carbocycles. The second-order valence-corrected chi connectivity index (χ2v) is 1.99. The van der Waals surface area contributed by atoms with Crippen LogP contribution in [0.3, 0.4) is 0 Å². The second-order valence-electron chi connectivity index (χ2n) is 0.835. The molecule has 0 saturated carbocycles. The largest absolute Gasteiger partial charge is 0.371 e. The molecule has 0 heterocycles. The quantitative estimate of drug-likeness (QED) is 0.357. The second kappa shape index (κ2) is 6.86. The van der Waals surface area contributed by atoms with Gasteiger partial charge in [-0.15, -0.1) is 12.6 Å². The van der Waals surface area contributed by atoms with Crippen LogP contribution in [0.5, 0.6) is 0 Å². The molecule has 0 unspecified atom stereocenters. The van der Waals surface area contributed by atoms with Crippen LogP contribution in [0.2, 0.25) is 0 Å². The van der Waals surface area contributed by atoms with E-state index in [9.17, 15) is 0 Å². The average molecular weight is 187 g/mol. The molecule has 1 N–H and O–H groups in total. The van der Waals surface area contributed by atoms with Gasteiger partial charge in [0.25, 0.3) is 0 Å². The van der Waals surface area contributed by atoms with Crippen LogP contribution < -0.4 is 5.32 Å². The van der Waals surface area contributed by atoms with Gasteiger partial charge in [0.15, 0.2) is 0 Å². The molecular weight excluding hydrogens is 180 g/mol. The first-order valence-electron chi connectivity index (χ1n) is 1.74. The summed E-state index contributed by atoms with van der Waals surface area (Å²) in [5, 5.41) is 2.80. The molecule has 0 fully saturated rings. The third-order valence-corrected chi connectivity index (χ3v) is 0.630. The van der Waals surface area contributed by atoms with Gasteiger partial charge in [-0.2, -0.15) is 0 Å². The first-order chi connectivity index (χ1) is 2.77. The van der Waals surface area contributed by atoms with Crippen molar-refractivity contribution in [3.05, 3.63) is 0 Å². The molecule has 0 rings (SSSR count). The van der Waals surface area contributed by atoms with Crippen molar-refractivity contribution in [2.45, 2.75) is 6.92 Å². The zero-order valence-electron chi connectivity index (χ0n) is 4.27. The summed E-state index contributed by atoms with van der Waals surface area (Å²) in [6, 6.07) is 0. The summed E-state index contributed by atoms with van der Waals surface area (Å²) in [6.07, 6.45) is 0. The molecule has 0 spiro atoms. The van der Waals surface area contributed by atoms with Gasteiger partial charge >= 0.3 is 0 Å². The maximum absolute atomic E-state index is 4.55. The Labute approximate surface area is 67.4 Å². The van der Waals surface area contributed by atoms with Crippen molar-refractivity contribution in [3.63, 3.8) is 0 Å². The van der Waals surface area contributed by atoms with Crippen LogP contribution in [0.4, 0.5) is 0 Å². The van der Waals surface area contributed by atoms with Gasteiger partial charge in [-0.3, -0.25) is 0 Å². The van der Waals surface area contributed by atoms with Gasteiger partial charge in [-0.05, 0) is 6.92 Å². The van der Waals surface area contributed by atoms with Crippen molar-refractivity contribution >= 4 is 29.2 Å². The van der Waals surface area contributed by atoms with E-state index in [1.807, 2.05) is 6.92 Å². The zero-order chi connectivity index (χ0) is 4.99. The van der Waals surface area contributed by atoms with E-state index in [-0.39, 0.29) is 19.5 Å². The molecule has 0 atom stereocenters. The van der Waals surface area contributed by atoms with Crippen LogP contribution in [-0.2, 0) is 19.5 Å². The van der Waals surface area contributed by atoms with Crippen molar-refractivity contribution in [3.8, 4) is 0 Å². The number of hydrogen-bond donors (Lipinski definition) is 2. The van der Waals surface area contributed by atoms with Crippen LogP contribution in [0.15, 0.2) is 0 Å². The molecule has 4 heteroatoms. The van der Waals surface area contributed by atoms with Crippen LogP contribution in [-0.4, -0.2) is 10.9 Å². The van der Waals surface area contributed by atoms with E-state index in [1.54, 1.807) is 0 Å². The molecule has 0 saturated heterocycles. The van der Waals surface area contributed by atoms with Crippen LogP contribution in [0.1, 0.15) is 6.92 Å². The summed E-state index contributed by atoms with van der Waals surface area (Å²) in [6.45, 7) is 2.84. The minimum atomic E-state index is 0. The summed E-state index contributed by atoms with van der Waals surface area (Å²) >= 11 is 8.35. The minimum Gasteiger partial charge on any atom is -0.371 e. The Morgan fingerprint density at radius 2 is 2.29 bits per heavy atom. The summed E-state index contributed by atoms with van der Waals surface area (Å²) in [4.78, 5) is 0. The normalized spacial score (nSPS) is 6.57.